The fourth-order valence-corrected chi connectivity index (χ4v) is 2.19. The Hall–Kier alpha value is -1.54. The molecular weight excluding hydrogens is 252 g/mol. The van der Waals surface area contributed by atoms with E-state index in [9.17, 15) is 0 Å². The molecule has 1 saturated heterocycles. The van der Waals surface area contributed by atoms with Crippen LogP contribution in [0.3, 0.4) is 0 Å². The van der Waals surface area contributed by atoms with Gasteiger partial charge in [0.1, 0.15) is 19.0 Å². The SMILES string of the molecule is CN1CCN(CCOc2ccccc2C#CCO)CC1. The average molecular weight is 274 g/mol. The first-order valence-electron chi connectivity index (χ1n) is 7.02. The molecule has 1 aliphatic heterocycles. The summed E-state index contributed by atoms with van der Waals surface area (Å²) < 4.78 is 5.82. The summed E-state index contributed by atoms with van der Waals surface area (Å²) in [4.78, 5) is 4.76. The highest BCUT2D eigenvalue weighted by Gasteiger charge is 2.13. The van der Waals surface area contributed by atoms with Crippen LogP contribution in [0.1, 0.15) is 5.56 Å². The molecule has 0 unspecified atom stereocenters. The summed E-state index contributed by atoms with van der Waals surface area (Å²) in [6, 6.07) is 7.70. The van der Waals surface area contributed by atoms with Gasteiger partial charge in [0.25, 0.3) is 0 Å². The van der Waals surface area contributed by atoms with E-state index in [-0.39, 0.29) is 6.61 Å². The number of ether oxygens (including phenoxy) is 1. The summed E-state index contributed by atoms with van der Waals surface area (Å²) in [7, 11) is 2.16. The van der Waals surface area contributed by atoms with Crippen LogP contribution in [-0.2, 0) is 0 Å². The minimum absolute atomic E-state index is 0.129. The van der Waals surface area contributed by atoms with Crippen LogP contribution >= 0.6 is 0 Å². The van der Waals surface area contributed by atoms with Crippen molar-refractivity contribution in [3.05, 3.63) is 29.8 Å². The first-order chi connectivity index (χ1) is 9.79. The number of hydrogen-bond donors (Lipinski definition) is 1. The number of rotatable bonds is 4. The van der Waals surface area contributed by atoms with Gasteiger partial charge in [0.15, 0.2) is 0 Å². The first-order valence-corrected chi connectivity index (χ1v) is 7.02. The molecule has 4 nitrogen and oxygen atoms in total. The molecule has 0 spiro atoms. The maximum Gasteiger partial charge on any atom is 0.134 e. The second kappa shape index (κ2) is 7.91. The van der Waals surface area contributed by atoms with Gasteiger partial charge in [0.05, 0.1) is 5.56 Å². The van der Waals surface area contributed by atoms with Gasteiger partial charge in [-0.05, 0) is 19.2 Å². The molecule has 0 saturated carbocycles. The lowest BCUT2D eigenvalue weighted by Crippen LogP contribution is -2.45. The highest BCUT2D eigenvalue weighted by atomic mass is 16.5. The molecule has 1 aromatic rings. The second-order valence-electron chi connectivity index (χ2n) is 4.95. The molecule has 2 rings (SSSR count). The quantitative estimate of drug-likeness (QED) is 0.818. The lowest BCUT2D eigenvalue weighted by atomic mass is 10.2. The van der Waals surface area contributed by atoms with Gasteiger partial charge < -0.3 is 14.7 Å². The van der Waals surface area contributed by atoms with Gasteiger partial charge in [-0.15, -0.1) is 0 Å². The summed E-state index contributed by atoms with van der Waals surface area (Å²) in [5.41, 5.74) is 0.833. The monoisotopic (exact) mass is 274 g/mol. The van der Waals surface area contributed by atoms with Crippen molar-refractivity contribution < 1.29 is 9.84 Å². The molecule has 0 atom stereocenters. The van der Waals surface area contributed by atoms with Gasteiger partial charge >= 0.3 is 0 Å². The van der Waals surface area contributed by atoms with Crippen LogP contribution in [0.25, 0.3) is 0 Å². The molecule has 1 fully saturated rings. The predicted octanol–water partition coefficient (Wildman–Crippen LogP) is 0.657. The van der Waals surface area contributed by atoms with E-state index in [1.165, 1.54) is 0 Å². The number of hydrogen-bond acceptors (Lipinski definition) is 4. The van der Waals surface area contributed by atoms with Crippen molar-refractivity contribution in [1.82, 2.24) is 9.80 Å². The molecule has 0 bridgehead atoms. The highest BCUT2D eigenvalue weighted by Crippen LogP contribution is 2.16. The van der Waals surface area contributed by atoms with Gasteiger partial charge in [-0.1, -0.05) is 24.0 Å². The van der Waals surface area contributed by atoms with Crippen molar-refractivity contribution >= 4 is 0 Å². The van der Waals surface area contributed by atoms with Crippen LogP contribution < -0.4 is 4.74 Å². The van der Waals surface area contributed by atoms with E-state index >= 15 is 0 Å². The number of piperazine rings is 1. The zero-order valence-corrected chi connectivity index (χ0v) is 12.0. The molecule has 4 heteroatoms. The molecule has 1 aliphatic rings. The predicted molar refractivity (Wildman–Crippen MR) is 79.8 cm³/mol. The summed E-state index contributed by atoms with van der Waals surface area (Å²) in [5, 5.41) is 8.76. The van der Waals surface area contributed by atoms with Crippen molar-refractivity contribution in [3.63, 3.8) is 0 Å². The number of aliphatic hydroxyl groups excluding tert-OH is 1. The Balaban J connectivity index is 1.82. The Kier molecular flexibility index (Phi) is 5.87. The molecule has 108 valence electrons. The second-order valence-corrected chi connectivity index (χ2v) is 4.95. The topological polar surface area (TPSA) is 35.9 Å². The van der Waals surface area contributed by atoms with Crippen molar-refractivity contribution in [3.8, 4) is 17.6 Å². The fourth-order valence-electron chi connectivity index (χ4n) is 2.19. The van der Waals surface area contributed by atoms with Crippen LogP contribution in [0.4, 0.5) is 0 Å². The average Bonchev–Trinajstić information content (AvgIpc) is 2.48. The van der Waals surface area contributed by atoms with E-state index in [0.717, 1.165) is 44.0 Å². The minimum atomic E-state index is -0.129. The Bertz CT molecular complexity index is 471. The van der Waals surface area contributed by atoms with Crippen molar-refractivity contribution in [2.45, 2.75) is 0 Å². The van der Waals surface area contributed by atoms with Gasteiger partial charge in [-0.25, -0.2) is 0 Å². The molecule has 0 radical (unpaired) electrons. The molecule has 0 amide bonds. The van der Waals surface area contributed by atoms with Crippen LogP contribution in [0, 0.1) is 11.8 Å². The molecule has 0 aliphatic carbocycles. The van der Waals surface area contributed by atoms with Gasteiger partial charge in [-0.3, -0.25) is 4.90 Å². The third-order valence-corrected chi connectivity index (χ3v) is 3.45. The number of para-hydroxylation sites is 1. The van der Waals surface area contributed by atoms with Crippen LogP contribution in [0.15, 0.2) is 24.3 Å². The van der Waals surface area contributed by atoms with E-state index in [1.807, 2.05) is 24.3 Å². The van der Waals surface area contributed by atoms with Crippen LogP contribution in [0.5, 0.6) is 5.75 Å². The first kappa shape index (κ1) is 14.9. The number of likely N-dealkylation sites (N-methyl/N-ethyl adjacent to an activating group) is 1. The summed E-state index contributed by atoms with van der Waals surface area (Å²) in [5.74, 6) is 6.37. The zero-order chi connectivity index (χ0) is 14.2. The number of nitrogens with zero attached hydrogens (tertiary/aromatic N) is 2. The van der Waals surface area contributed by atoms with E-state index in [2.05, 4.69) is 28.7 Å². The Morgan fingerprint density at radius 3 is 2.70 bits per heavy atom. The third-order valence-electron chi connectivity index (χ3n) is 3.45. The van der Waals surface area contributed by atoms with E-state index < -0.39 is 0 Å². The minimum Gasteiger partial charge on any atom is -0.491 e. The molecular formula is C16H22N2O2. The number of benzene rings is 1. The molecule has 1 aromatic carbocycles. The smallest absolute Gasteiger partial charge is 0.134 e. The fraction of sp³-hybridized carbons (Fsp3) is 0.500. The van der Waals surface area contributed by atoms with Crippen LogP contribution in [-0.4, -0.2) is 67.9 Å². The summed E-state index contributed by atoms with van der Waals surface area (Å²) >= 11 is 0. The van der Waals surface area contributed by atoms with E-state index in [0.29, 0.717) is 6.61 Å². The highest BCUT2D eigenvalue weighted by molar-refractivity contribution is 5.45. The van der Waals surface area contributed by atoms with Crippen LogP contribution in [0.2, 0.25) is 0 Å². The van der Waals surface area contributed by atoms with E-state index in [4.69, 9.17) is 9.84 Å². The lowest BCUT2D eigenvalue weighted by Gasteiger charge is -2.32. The van der Waals surface area contributed by atoms with Crippen molar-refractivity contribution in [2.75, 3.05) is 53.0 Å². The molecule has 0 aromatic heterocycles. The third kappa shape index (κ3) is 4.53. The lowest BCUT2D eigenvalue weighted by molar-refractivity contribution is 0.133. The van der Waals surface area contributed by atoms with Crippen molar-refractivity contribution in [2.24, 2.45) is 0 Å². The largest absolute Gasteiger partial charge is 0.491 e. The van der Waals surface area contributed by atoms with Gasteiger partial charge in [-0.2, -0.15) is 0 Å². The molecule has 1 N–H and O–H groups in total. The zero-order valence-electron chi connectivity index (χ0n) is 12.0. The maximum atomic E-state index is 8.76. The Morgan fingerprint density at radius 2 is 1.95 bits per heavy atom. The number of aliphatic hydroxyl groups is 1. The summed E-state index contributed by atoms with van der Waals surface area (Å²) in [6.45, 7) is 5.93. The van der Waals surface area contributed by atoms with Crippen molar-refractivity contribution in [1.29, 1.82) is 0 Å². The van der Waals surface area contributed by atoms with Gasteiger partial charge in [0, 0.05) is 32.7 Å². The van der Waals surface area contributed by atoms with E-state index in [1.54, 1.807) is 0 Å². The molecule has 1 heterocycles. The Labute approximate surface area is 121 Å². The maximum absolute atomic E-state index is 8.76. The summed E-state index contributed by atoms with van der Waals surface area (Å²) in [6.07, 6.45) is 0. The Morgan fingerprint density at radius 1 is 1.20 bits per heavy atom. The van der Waals surface area contributed by atoms with Gasteiger partial charge in [0.2, 0.25) is 0 Å². The normalized spacial score (nSPS) is 16.5. The standard InChI is InChI=1S/C16H22N2O2/c1-17-8-10-18(11-9-17)12-14-20-16-7-3-2-5-15(16)6-4-13-19/h2-3,5,7,19H,8-14H2,1H3. The molecule has 20 heavy (non-hydrogen) atoms.